The normalized spacial score (nSPS) is 10.5. The van der Waals surface area contributed by atoms with Crippen molar-refractivity contribution in [2.45, 2.75) is 25.0 Å². The van der Waals surface area contributed by atoms with Crippen LogP contribution in [0, 0.1) is 0 Å². The summed E-state index contributed by atoms with van der Waals surface area (Å²) in [5, 5.41) is 9.14. The number of carbonyl (C=O) groups excluding carboxylic acids is 1. The molecule has 24 heavy (non-hydrogen) atoms. The van der Waals surface area contributed by atoms with Gasteiger partial charge in [-0.05, 0) is 24.6 Å². The molecule has 0 atom stereocenters. The number of hydrogen-bond acceptors (Lipinski definition) is 7. The Balaban J connectivity index is 2.18. The van der Waals surface area contributed by atoms with Gasteiger partial charge >= 0.3 is 5.97 Å². The van der Waals surface area contributed by atoms with Crippen LogP contribution < -0.4 is 9.47 Å². The van der Waals surface area contributed by atoms with Crippen LogP contribution >= 0.6 is 11.8 Å². The molecule has 0 spiro atoms. The summed E-state index contributed by atoms with van der Waals surface area (Å²) in [6, 6.07) is 5.76. The largest absolute Gasteiger partial charge is 0.493 e. The predicted molar refractivity (Wildman–Crippen MR) is 90.8 cm³/mol. The highest BCUT2D eigenvalue weighted by Crippen LogP contribution is 2.28. The third-order valence-corrected chi connectivity index (χ3v) is 4.41. The Kier molecular flexibility index (Phi) is 6.48. The molecule has 1 heterocycles. The van der Waals surface area contributed by atoms with Crippen molar-refractivity contribution in [2.24, 2.45) is 0 Å². The Morgan fingerprint density at radius 3 is 2.54 bits per heavy atom. The molecule has 0 saturated heterocycles. The maximum absolute atomic E-state index is 11.3. The first kappa shape index (κ1) is 18.1. The summed E-state index contributed by atoms with van der Waals surface area (Å²) in [7, 11) is 4.59. The molecule has 0 aliphatic carbocycles. The zero-order valence-corrected chi connectivity index (χ0v) is 15.1. The van der Waals surface area contributed by atoms with E-state index in [4.69, 9.17) is 9.47 Å². The number of thioether (sulfide) groups is 1. The molecule has 130 valence electrons. The summed E-state index contributed by atoms with van der Waals surface area (Å²) in [5.74, 6) is 2.12. The van der Waals surface area contributed by atoms with Gasteiger partial charge in [-0.2, -0.15) is 0 Å². The summed E-state index contributed by atoms with van der Waals surface area (Å²) in [6.07, 6.45) is 0.611. The summed E-state index contributed by atoms with van der Waals surface area (Å²) in [5.41, 5.74) is 1.04. The molecule has 0 bridgehead atoms. The quantitative estimate of drug-likeness (QED) is 0.533. The van der Waals surface area contributed by atoms with Gasteiger partial charge in [0.15, 0.2) is 16.7 Å². The molecule has 0 saturated carbocycles. The molecule has 0 unspecified atom stereocenters. The molecular weight excluding hydrogens is 330 g/mol. The smallest absolute Gasteiger partial charge is 0.316 e. The third-order valence-electron chi connectivity index (χ3n) is 3.47. The first-order chi connectivity index (χ1) is 11.6. The van der Waals surface area contributed by atoms with Crippen molar-refractivity contribution in [1.29, 1.82) is 0 Å². The third kappa shape index (κ3) is 4.19. The number of ether oxygens (including phenoxy) is 3. The van der Waals surface area contributed by atoms with Gasteiger partial charge in [-0.25, -0.2) is 0 Å². The van der Waals surface area contributed by atoms with Gasteiger partial charge in [-0.1, -0.05) is 17.8 Å². The highest BCUT2D eigenvalue weighted by Gasteiger charge is 2.14. The lowest BCUT2D eigenvalue weighted by atomic mass is 10.1. The number of methoxy groups -OCH3 is 3. The Morgan fingerprint density at radius 2 is 1.92 bits per heavy atom. The van der Waals surface area contributed by atoms with E-state index in [1.165, 1.54) is 18.9 Å². The summed E-state index contributed by atoms with van der Waals surface area (Å²) < 4.78 is 17.2. The lowest BCUT2D eigenvalue weighted by Gasteiger charge is -2.10. The van der Waals surface area contributed by atoms with Gasteiger partial charge in [0, 0.05) is 13.0 Å². The van der Waals surface area contributed by atoms with Gasteiger partial charge in [0.05, 0.1) is 27.1 Å². The number of aromatic nitrogens is 3. The molecule has 0 radical (unpaired) electrons. The van der Waals surface area contributed by atoms with Gasteiger partial charge in [0.1, 0.15) is 5.82 Å². The predicted octanol–water partition coefficient (Wildman–Crippen LogP) is 2.17. The topological polar surface area (TPSA) is 75.5 Å². The average Bonchev–Trinajstić information content (AvgIpc) is 3.00. The minimum atomic E-state index is -0.285. The number of esters is 1. The second-order valence-corrected chi connectivity index (χ2v) is 5.82. The lowest BCUT2D eigenvalue weighted by Crippen LogP contribution is -2.07. The van der Waals surface area contributed by atoms with E-state index >= 15 is 0 Å². The number of benzene rings is 1. The summed E-state index contributed by atoms with van der Waals surface area (Å²) in [4.78, 5) is 11.3. The van der Waals surface area contributed by atoms with Crippen LogP contribution in [0.5, 0.6) is 11.5 Å². The maximum Gasteiger partial charge on any atom is 0.316 e. The van der Waals surface area contributed by atoms with E-state index in [2.05, 4.69) is 14.9 Å². The van der Waals surface area contributed by atoms with Crippen LogP contribution in [0.1, 0.15) is 18.3 Å². The fourth-order valence-corrected chi connectivity index (χ4v) is 3.08. The standard InChI is InChI=1S/C16H21N3O4S/c1-5-19-14(17-18-16(19)24-10-15(20)23-4)9-11-6-7-12(21-2)13(8-11)22-3/h6-8H,5,9-10H2,1-4H3. The zero-order valence-electron chi connectivity index (χ0n) is 14.2. The molecule has 8 heteroatoms. The number of carbonyl (C=O) groups is 1. The molecule has 7 nitrogen and oxygen atoms in total. The van der Waals surface area contributed by atoms with E-state index in [-0.39, 0.29) is 11.7 Å². The van der Waals surface area contributed by atoms with Crippen LogP contribution in [0.2, 0.25) is 0 Å². The highest BCUT2D eigenvalue weighted by molar-refractivity contribution is 7.99. The summed E-state index contributed by atoms with van der Waals surface area (Å²) >= 11 is 1.32. The Morgan fingerprint density at radius 1 is 1.17 bits per heavy atom. The van der Waals surface area contributed by atoms with E-state index in [0.29, 0.717) is 23.1 Å². The van der Waals surface area contributed by atoms with Gasteiger partial charge in [0.2, 0.25) is 0 Å². The molecule has 2 rings (SSSR count). The van der Waals surface area contributed by atoms with Crippen molar-refractivity contribution in [3.8, 4) is 11.5 Å². The monoisotopic (exact) mass is 351 g/mol. The molecule has 1 aromatic heterocycles. The van der Waals surface area contributed by atoms with Crippen molar-refractivity contribution >= 4 is 17.7 Å². The molecule has 0 aliphatic heterocycles. The maximum atomic E-state index is 11.3. The van der Waals surface area contributed by atoms with E-state index in [1.54, 1.807) is 14.2 Å². The van der Waals surface area contributed by atoms with Crippen LogP contribution in [-0.4, -0.2) is 47.8 Å². The van der Waals surface area contributed by atoms with Crippen LogP contribution in [0.25, 0.3) is 0 Å². The van der Waals surface area contributed by atoms with Crippen molar-refractivity contribution in [3.63, 3.8) is 0 Å². The summed E-state index contributed by atoms with van der Waals surface area (Å²) in [6.45, 7) is 2.74. The van der Waals surface area contributed by atoms with Crippen molar-refractivity contribution in [3.05, 3.63) is 29.6 Å². The minimum absolute atomic E-state index is 0.213. The average molecular weight is 351 g/mol. The first-order valence-electron chi connectivity index (χ1n) is 7.45. The Bertz CT molecular complexity index is 703. The fraction of sp³-hybridized carbons (Fsp3) is 0.438. The molecule has 0 aliphatic rings. The highest BCUT2D eigenvalue weighted by atomic mass is 32.2. The van der Waals surface area contributed by atoms with E-state index < -0.39 is 0 Å². The van der Waals surface area contributed by atoms with Crippen LogP contribution in [0.15, 0.2) is 23.4 Å². The molecule has 1 aromatic carbocycles. The van der Waals surface area contributed by atoms with Crippen molar-refractivity contribution in [2.75, 3.05) is 27.1 Å². The van der Waals surface area contributed by atoms with Crippen LogP contribution in [0.3, 0.4) is 0 Å². The Labute approximate surface area is 145 Å². The van der Waals surface area contributed by atoms with Crippen LogP contribution in [-0.2, 0) is 22.5 Å². The minimum Gasteiger partial charge on any atom is -0.493 e. The number of hydrogen-bond donors (Lipinski definition) is 0. The molecule has 2 aromatic rings. The fourth-order valence-electron chi connectivity index (χ4n) is 2.23. The second-order valence-electron chi connectivity index (χ2n) is 4.87. The van der Waals surface area contributed by atoms with Gasteiger partial charge in [-0.15, -0.1) is 10.2 Å². The molecule has 0 N–H and O–H groups in total. The number of rotatable bonds is 8. The van der Waals surface area contributed by atoms with E-state index in [1.807, 2.05) is 29.7 Å². The van der Waals surface area contributed by atoms with E-state index in [9.17, 15) is 4.79 Å². The van der Waals surface area contributed by atoms with Crippen molar-refractivity contribution in [1.82, 2.24) is 14.8 Å². The second kappa shape index (κ2) is 8.58. The van der Waals surface area contributed by atoms with Crippen molar-refractivity contribution < 1.29 is 19.0 Å². The zero-order chi connectivity index (χ0) is 17.5. The molecule has 0 amide bonds. The molecule has 0 fully saturated rings. The van der Waals surface area contributed by atoms with E-state index in [0.717, 1.165) is 17.9 Å². The number of nitrogens with zero attached hydrogens (tertiary/aromatic N) is 3. The first-order valence-corrected chi connectivity index (χ1v) is 8.44. The SMILES string of the molecule is CCn1c(Cc2ccc(OC)c(OC)c2)nnc1SCC(=O)OC. The van der Waals surface area contributed by atoms with Crippen LogP contribution in [0.4, 0.5) is 0 Å². The molecular formula is C16H21N3O4S. The Hall–Kier alpha value is -2.22. The lowest BCUT2D eigenvalue weighted by molar-refractivity contribution is -0.137. The van der Waals surface area contributed by atoms with Gasteiger partial charge < -0.3 is 18.8 Å². The van der Waals surface area contributed by atoms with Gasteiger partial charge in [-0.3, -0.25) is 4.79 Å². The van der Waals surface area contributed by atoms with Gasteiger partial charge in [0.25, 0.3) is 0 Å².